The van der Waals surface area contributed by atoms with E-state index in [-0.39, 0.29) is 5.91 Å². The van der Waals surface area contributed by atoms with E-state index in [1.807, 2.05) is 48.5 Å². The quantitative estimate of drug-likeness (QED) is 0.704. The second-order valence-corrected chi connectivity index (χ2v) is 5.48. The molecule has 126 valence electrons. The fourth-order valence-electron chi connectivity index (χ4n) is 2.53. The maximum atomic E-state index is 12.3. The molecule has 0 saturated carbocycles. The zero-order valence-corrected chi connectivity index (χ0v) is 14.0. The highest BCUT2D eigenvalue weighted by Gasteiger charge is 2.13. The Morgan fingerprint density at radius 2 is 1.88 bits per heavy atom. The second-order valence-electron chi connectivity index (χ2n) is 5.48. The van der Waals surface area contributed by atoms with E-state index in [0.29, 0.717) is 18.7 Å². The Hall–Kier alpha value is -3.05. The predicted octanol–water partition coefficient (Wildman–Crippen LogP) is 3.19. The average molecular weight is 333 g/mol. The standard InChI is InChI=1S/C20H19N3O2/c1-25-11-10-22-20(24)17-12-18(16-8-5-9-21-13-16)19(23-14-17)15-6-3-2-4-7-15/h2-9,12-14H,10-11H2,1H3,(H,22,24). The number of amides is 1. The van der Waals surface area contributed by atoms with Crippen LogP contribution in [0.4, 0.5) is 0 Å². The summed E-state index contributed by atoms with van der Waals surface area (Å²) in [6.07, 6.45) is 5.10. The minimum absolute atomic E-state index is 0.172. The van der Waals surface area contributed by atoms with Gasteiger partial charge in [0.05, 0.1) is 17.9 Å². The van der Waals surface area contributed by atoms with Crippen molar-refractivity contribution in [3.63, 3.8) is 0 Å². The van der Waals surface area contributed by atoms with Gasteiger partial charge < -0.3 is 10.1 Å². The van der Waals surface area contributed by atoms with Gasteiger partial charge in [-0.25, -0.2) is 0 Å². The van der Waals surface area contributed by atoms with E-state index in [1.165, 1.54) is 0 Å². The molecule has 2 aromatic heterocycles. The van der Waals surface area contributed by atoms with Crippen LogP contribution in [-0.2, 0) is 4.74 Å². The van der Waals surface area contributed by atoms with Crippen molar-refractivity contribution in [2.45, 2.75) is 0 Å². The van der Waals surface area contributed by atoms with Crippen LogP contribution in [0, 0.1) is 0 Å². The van der Waals surface area contributed by atoms with E-state index in [2.05, 4.69) is 15.3 Å². The number of pyridine rings is 2. The first-order valence-corrected chi connectivity index (χ1v) is 8.02. The topological polar surface area (TPSA) is 64.1 Å². The smallest absolute Gasteiger partial charge is 0.252 e. The molecule has 0 aliphatic rings. The monoisotopic (exact) mass is 333 g/mol. The maximum absolute atomic E-state index is 12.3. The van der Waals surface area contributed by atoms with Crippen molar-refractivity contribution in [3.05, 3.63) is 72.7 Å². The van der Waals surface area contributed by atoms with Gasteiger partial charge in [0.15, 0.2) is 0 Å². The second kappa shape index (κ2) is 8.17. The van der Waals surface area contributed by atoms with Crippen LogP contribution >= 0.6 is 0 Å². The molecule has 0 radical (unpaired) electrons. The minimum atomic E-state index is -0.172. The number of nitrogens with zero attached hydrogens (tertiary/aromatic N) is 2. The molecule has 3 rings (SSSR count). The summed E-state index contributed by atoms with van der Waals surface area (Å²) < 4.78 is 4.96. The van der Waals surface area contributed by atoms with E-state index < -0.39 is 0 Å². The number of methoxy groups -OCH3 is 1. The van der Waals surface area contributed by atoms with Crippen LogP contribution in [0.1, 0.15) is 10.4 Å². The molecule has 0 spiro atoms. The van der Waals surface area contributed by atoms with Gasteiger partial charge in [-0.15, -0.1) is 0 Å². The Morgan fingerprint density at radius 1 is 1.08 bits per heavy atom. The van der Waals surface area contributed by atoms with Crippen molar-refractivity contribution in [1.29, 1.82) is 0 Å². The molecule has 0 atom stereocenters. The van der Waals surface area contributed by atoms with Gasteiger partial charge in [-0.3, -0.25) is 14.8 Å². The highest BCUT2D eigenvalue weighted by atomic mass is 16.5. The van der Waals surface area contributed by atoms with Gasteiger partial charge in [0, 0.05) is 48.9 Å². The van der Waals surface area contributed by atoms with E-state index in [9.17, 15) is 4.79 Å². The minimum Gasteiger partial charge on any atom is -0.383 e. The summed E-state index contributed by atoms with van der Waals surface area (Å²) in [5, 5.41) is 2.82. The van der Waals surface area contributed by atoms with Crippen molar-refractivity contribution in [1.82, 2.24) is 15.3 Å². The predicted molar refractivity (Wildman–Crippen MR) is 97.1 cm³/mol. The van der Waals surface area contributed by atoms with E-state index in [4.69, 9.17) is 4.74 Å². The van der Waals surface area contributed by atoms with Crippen LogP contribution < -0.4 is 5.32 Å². The van der Waals surface area contributed by atoms with Gasteiger partial charge in [-0.2, -0.15) is 0 Å². The fourth-order valence-corrected chi connectivity index (χ4v) is 2.53. The van der Waals surface area contributed by atoms with Crippen molar-refractivity contribution in [3.8, 4) is 22.4 Å². The summed E-state index contributed by atoms with van der Waals surface area (Å²) in [5.41, 5.74) is 4.11. The molecule has 3 aromatic rings. The molecule has 0 fully saturated rings. The highest BCUT2D eigenvalue weighted by Crippen LogP contribution is 2.30. The summed E-state index contributed by atoms with van der Waals surface area (Å²) >= 11 is 0. The molecule has 0 aliphatic carbocycles. The van der Waals surface area contributed by atoms with Crippen LogP contribution in [0.2, 0.25) is 0 Å². The summed E-state index contributed by atoms with van der Waals surface area (Å²) in [4.78, 5) is 21.1. The summed E-state index contributed by atoms with van der Waals surface area (Å²) in [6.45, 7) is 0.925. The third-order valence-corrected chi connectivity index (χ3v) is 3.76. The number of hydrogen-bond donors (Lipinski definition) is 1. The first kappa shape index (κ1) is 16.8. The van der Waals surface area contributed by atoms with E-state index in [1.54, 1.807) is 25.7 Å². The number of rotatable bonds is 6. The van der Waals surface area contributed by atoms with Gasteiger partial charge in [-0.05, 0) is 12.1 Å². The summed E-state index contributed by atoms with van der Waals surface area (Å²) in [6, 6.07) is 15.6. The normalized spacial score (nSPS) is 10.4. The Labute approximate surface area is 146 Å². The molecule has 1 aromatic carbocycles. The molecular formula is C20H19N3O2. The van der Waals surface area contributed by atoms with Gasteiger partial charge in [0.1, 0.15) is 0 Å². The largest absolute Gasteiger partial charge is 0.383 e. The zero-order valence-electron chi connectivity index (χ0n) is 14.0. The highest BCUT2D eigenvalue weighted by molar-refractivity contribution is 5.96. The Bertz CT molecular complexity index is 836. The summed E-state index contributed by atoms with van der Waals surface area (Å²) in [5.74, 6) is -0.172. The fraction of sp³-hybridized carbons (Fsp3) is 0.150. The first-order valence-electron chi connectivity index (χ1n) is 8.02. The Kier molecular flexibility index (Phi) is 5.49. The molecule has 0 bridgehead atoms. The van der Waals surface area contributed by atoms with E-state index in [0.717, 1.165) is 22.4 Å². The van der Waals surface area contributed by atoms with Crippen LogP contribution in [-0.4, -0.2) is 36.1 Å². The van der Waals surface area contributed by atoms with Crippen molar-refractivity contribution in [2.24, 2.45) is 0 Å². The summed E-state index contributed by atoms with van der Waals surface area (Å²) in [7, 11) is 1.60. The molecule has 5 nitrogen and oxygen atoms in total. The number of carbonyl (C=O) groups is 1. The lowest BCUT2D eigenvalue weighted by Gasteiger charge is -2.11. The van der Waals surface area contributed by atoms with Crippen LogP contribution in [0.5, 0.6) is 0 Å². The molecule has 2 heterocycles. The first-order chi connectivity index (χ1) is 12.3. The molecule has 1 amide bonds. The number of benzene rings is 1. The van der Waals surface area contributed by atoms with Crippen LogP contribution in [0.15, 0.2) is 67.1 Å². The lowest BCUT2D eigenvalue weighted by atomic mass is 9.99. The molecule has 0 unspecified atom stereocenters. The maximum Gasteiger partial charge on any atom is 0.252 e. The lowest BCUT2D eigenvalue weighted by Crippen LogP contribution is -2.27. The number of carbonyl (C=O) groups excluding carboxylic acids is 1. The van der Waals surface area contributed by atoms with Gasteiger partial charge in [-0.1, -0.05) is 36.4 Å². The van der Waals surface area contributed by atoms with Crippen molar-refractivity contribution < 1.29 is 9.53 Å². The zero-order chi connectivity index (χ0) is 17.5. The van der Waals surface area contributed by atoms with Crippen molar-refractivity contribution >= 4 is 5.91 Å². The number of ether oxygens (including phenoxy) is 1. The van der Waals surface area contributed by atoms with Gasteiger partial charge in [0.25, 0.3) is 5.91 Å². The molecular weight excluding hydrogens is 314 g/mol. The number of aromatic nitrogens is 2. The lowest BCUT2D eigenvalue weighted by molar-refractivity contribution is 0.0937. The SMILES string of the molecule is COCCNC(=O)c1cnc(-c2ccccc2)c(-c2cccnc2)c1. The molecule has 5 heteroatoms. The molecule has 1 N–H and O–H groups in total. The van der Waals surface area contributed by atoms with Gasteiger partial charge in [0.2, 0.25) is 0 Å². The number of hydrogen-bond acceptors (Lipinski definition) is 4. The number of nitrogens with one attached hydrogen (secondary N) is 1. The third kappa shape index (κ3) is 4.08. The Balaban J connectivity index is 2.01. The molecule has 0 aliphatic heterocycles. The van der Waals surface area contributed by atoms with Gasteiger partial charge >= 0.3 is 0 Å². The molecule has 25 heavy (non-hydrogen) atoms. The van der Waals surface area contributed by atoms with E-state index >= 15 is 0 Å². The average Bonchev–Trinajstić information content (AvgIpc) is 2.69. The Morgan fingerprint density at radius 3 is 2.60 bits per heavy atom. The third-order valence-electron chi connectivity index (χ3n) is 3.76. The van der Waals surface area contributed by atoms with Crippen LogP contribution in [0.3, 0.4) is 0 Å². The van der Waals surface area contributed by atoms with Crippen molar-refractivity contribution in [2.75, 3.05) is 20.3 Å². The molecule has 0 saturated heterocycles. The van der Waals surface area contributed by atoms with Crippen LogP contribution in [0.25, 0.3) is 22.4 Å².